The summed E-state index contributed by atoms with van der Waals surface area (Å²) in [5.41, 5.74) is -0.342. The summed E-state index contributed by atoms with van der Waals surface area (Å²) in [6.07, 6.45) is 2.90. The highest BCUT2D eigenvalue weighted by molar-refractivity contribution is 7.92. The minimum atomic E-state index is -4.11. The van der Waals surface area contributed by atoms with Gasteiger partial charge >= 0.3 is 0 Å². The van der Waals surface area contributed by atoms with Gasteiger partial charge in [0.05, 0.1) is 21.7 Å². The zero-order valence-electron chi connectivity index (χ0n) is 14.1. The van der Waals surface area contributed by atoms with Gasteiger partial charge in [-0.2, -0.15) is 0 Å². The molecule has 2 N–H and O–H groups in total. The van der Waals surface area contributed by atoms with Crippen LogP contribution >= 0.6 is 34.5 Å². The molecular weight excluding hydrogens is 433 g/mol. The molecule has 0 aliphatic heterocycles. The van der Waals surface area contributed by atoms with E-state index in [1.807, 2.05) is 0 Å². The molecule has 27 heavy (non-hydrogen) atoms. The predicted molar refractivity (Wildman–Crippen MR) is 104 cm³/mol. The van der Waals surface area contributed by atoms with Crippen LogP contribution in [-0.4, -0.2) is 25.2 Å². The number of sulfonamides is 1. The van der Waals surface area contributed by atoms with Gasteiger partial charge in [0, 0.05) is 6.92 Å². The number of amides is 2. The molecule has 3 rings (SSSR count). The summed E-state index contributed by atoms with van der Waals surface area (Å²) in [5, 5.41) is 3.21. The Balaban J connectivity index is 1.85. The Labute approximate surface area is 170 Å². The number of nitrogens with one attached hydrogen (secondary N) is 2. The van der Waals surface area contributed by atoms with Gasteiger partial charge in [-0.05, 0) is 30.5 Å². The lowest BCUT2D eigenvalue weighted by molar-refractivity contribution is -0.128. The van der Waals surface area contributed by atoms with Crippen molar-refractivity contribution in [1.29, 1.82) is 0 Å². The van der Waals surface area contributed by atoms with Crippen LogP contribution in [0.4, 0.5) is 5.13 Å². The molecule has 7 nitrogen and oxygen atoms in total. The Morgan fingerprint density at radius 2 is 1.93 bits per heavy atom. The van der Waals surface area contributed by atoms with Crippen LogP contribution in [0.15, 0.2) is 28.6 Å². The maximum Gasteiger partial charge on any atom is 0.275 e. The van der Waals surface area contributed by atoms with E-state index in [-0.39, 0.29) is 15.2 Å². The Kier molecular flexibility index (Phi) is 5.49. The molecule has 2 aromatic rings. The topological polar surface area (TPSA) is 105 Å². The summed E-state index contributed by atoms with van der Waals surface area (Å²) < 4.78 is 27.1. The van der Waals surface area contributed by atoms with Crippen molar-refractivity contribution in [2.75, 3.05) is 5.32 Å². The highest BCUT2D eigenvalue weighted by Crippen LogP contribution is 2.45. The average Bonchev–Trinajstić information content (AvgIpc) is 2.98. The molecule has 144 valence electrons. The summed E-state index contributed by atoms with van der Waals surface area (Å²) in [6, 6.07) is 4.86. The van der Waals surface area contributed by atoms with Crippen molar-refractivity contribution < 1.29 is 18.0 Å². The quantitative estimate of drug-likeness (QED) is 0.730. The standard InChI is InChI=1S/C16H15Cl2N3O4S2/c1-9(22)20-15-19-8-13(26-15)27(24,25)21-14(23)16(5-2-6-16)10-3-4-11(17)12(18)7-10/h3-4,7-8H,2,5-6H2,1H3,(H,21,23)(H,19,20,22). The number of hydrogen-bond donors (Lipinski definition) is 2. The molecule has 1 aliphatic rings. The van der Waals surface area contributed by atoms with E-state index >= 15 is 0 Å². The number of halogens is 2. The average molecular weight is 448 g/mol. The molecule has 1 fully saturated rings. The molecule has 0 unspecified atom stereocenters. The molecule has 0 spiro atoms. The third-order valence-electron chi connectivity index (χ3n) is 4.37. The zero-order chi connectivity index (χ0) is 19.8. The van der Waals surface area contributed by atoms with Crippen LogP contribution in [0.5, 0.6) is 0 Å². The molecule has 0 bridgehead atoms. The van der Waals surface area contributed by atoms with Crippen LogP contribution < -0.4 is 10.0 Å². The van der Waals surface area contributed by atoms with Crippen LogP contribution in [0, 0.1) is 0 Å². The summed E-state index contributed by atoms with van der Waals surface area (Å²) in [7, 11) is -4.11. The van der Waals surface area contributed by atoms with Crippen molar-refractivity contribution in [3.05, 3.63) is 40.0 Å². The van der Waals surface area contributed by atoms with Crippen molar-refractivity contribution in [1.82, 2.24) is 9.71 Å². The first-order chi connectivity index (χ1) is 12.6. The molecular formula is C16H15Cl2N3O4S2. The normalized spacial score (nSPS) is 15.7. The maximum absolute atomic E-state index is 12.9. The van der Waals surface area contributed by atoms with Gasteiger partial charge < -0.3 is 5.32 Å². The highest BCUT2D eigenvalue weighted by Gasteiger charge is 2.47. The molecule has 1 aromatic heterocycles. The summed E-state index contributed by atoms with van der Waals surface area (Å²) in [5.74, 6) is -0.994. The van der Waals surface area contributed by atoms with Crippen molar-refractivity contribution in [2.24, 2.45) is 0 Å². The molecule has 0 radical (unpaired) electrons. The van der Waals surface area contributed by atoms with Crippen molar-refractivity contribution in [3.8, 4) is 0 Å². The summed E-state index contributed by atoms with van der Waals surface area (Å²) in [4.78, 5) is 27.7. The fourth-order valence-corrected chi connectivity index (χ4v) is 5.26. The second-order valence-corrected chi connectivity index (χ2v) is 9.92. The highest BCUT2D eigenvalue weighted by atomic mass is 35.5. The SMILES string of the molecule is CC(=O)Nc1ncc(S(=O)(=O)NC(=O)C2(c3ccc(Cl)c(Cl)c3)CCC2)s1. The lowest BCUT2D eigenvalue weighted by Crippen LogP contribution is -2.50. The Morgan fingerprint density at radius 3 is 2.48 bits per heavy atom. The largest absolute Gasteiger partial charge is 0.302 e. The van der Waals surface area contributed by atoms with E-state index in [1.165, 1.54) is 6.92 Å². The molecule has 1 aliphatic carbocycles. The van der Waals surface area contributed by atoms with Gasteiger partial charge in [-0.25, -0.2) is 18.1 Å². The lowest BCUT2D eigenvalue weighted by atomic mass is 9.64. The van der Waals surface area contributed by atoms with Crippen molar-refractivity contribution in [2.45, 2.75) is 35.8 Å². The lowest BCUT2D eigenvalue weighted by Gasteiger charge is -2.40. The van der Waals surface area contributed by atoms with Crippen LogP contribution in [0.2, 0.25) is 10.0 Å². The number of aromatic nitrogens is 1. The number of thiazole rings is 1. The number of rotatable bonds is 5. The van der Waals surface area contributed by atoms with E-state index in [2.05, 4.69) is 15.0 Å². The first kappa shape index (κ1) is 20.1. The fraction of sp³-hybridized carbons (Fsp3) is 0.312. The molecule has 0 atom stereocenters. The first-order valence-corrected chi connectivity index (χ1v) is 11.0. The second kappa shape index (κ2) is 7.38. The predicted octanol–water partition coefficient (Wildman–Crippen LogP) is 3.34. The fourth-order valence-electron chi connectivity index (χ4n) is 2.83. The Hall–Kier alpha value is -1.68. The minimum absolute atomic E-state index is 0.137. The Bertz CT molecular complexity index is 1020. The van der Waals surface area contributed by atoms with E-state index in [0.717, 1.165) is 24.0 Å². The first-order valence-electron chi connectivity index (χ1n) is 7.90. The maximum atomic E-state index is 12.9. The minimum Gasteiger partial charge on any atom is -0.302 e. The second-order valence-electron chi connectivity index (χ2n) is 6.16. The molecule has 1 aromatic carbocycles. The van der Waals surface area contributed by atoms with Gasteiger partial charge in [0.25, 0.3) is 10.0 Å². The smallest absolute Gasteiger partial charge is 0.275 e. The number of nitrogens with zero attached hydrogens (tertiary/aromatic N) is 1. The van der Waals surface area contributed by atoms with Crippen molar-refractivity contribution in [3.63, 3.8) is 0 Å². The van der Waals surface area contributed by atoms with Gasteiger partial charge in [0.1, 0.15) is 0 Å². The molecule has 1 heterocycles. The van der Waals surface area contributed by atoms with E-state index in [0.29, 0.717) is 28.5 Å². The third kappa shape index (κ3) is 3.96. The summed E-state index contributed by atoms with van der Waals surface area (Å²) >= 11 is 12.8. The van der Waals surface area contributed by atoms with Gasteiger partial charge in [-0.15, -0.1) is 0 Å². The van der Waals surface area contributed by atoms with Crippen LogP contribution in [0.1, 0.15) is 31.7 Å². The number of hydrogen-bond acceptors (Lipinski definition) is 6. The summed E-state index contributed by atoms with van der Waals surface area (Å²) in [6.45, 7) is 1.29. The monoisotopic (exact) mass is 447 g/mol. The number of carbonyl (C=O) groups is 2. The molecule has 11 heteroatoms. The molecule has 1 saturated carbocycles. The Morgan fingerprint density at radius 1 is 1.22 bits per heavy atom. The third-order valence-corrected chi connectivity index (χ3v) is 7.82. The van der Waals surface area contributed by atoms with Gasteiger partial charge in [0.2, 0.25) is 11.8 Å². The van der Waals surface area contributed by atoms with Crippen LogP contribution in [0.25, 0.3) is 0 Å². The van der Waals surface area contributed by atoms with Gasteiger partial charge in [-0.3, -0.25) is 9.59 Å². The molecule has 0 saturated heterocycles. The van der Waals surface area contributed by atoms with Crippen LogP contribution in [0.3, 0.4) is 0 Å². The number of anilines is 1. The van der Waals surface area contributed by atoms with E-state index in [9.17, 15) is 18.0 Å². The van der Waals surface area contributed by atoms with Crippen molar-refractivity contribution >= 4 is 61.5 Å². The zero-order valence-corrected chi connectivity index (χ0v) is 17.2. The number of carbonyl (C=O) groups excluding carboxylic acids is 2. The van der Waals surface area contributed by atoms with E-state index in [4.69, 9.17) is 23.2 Å². The number of benzene rings is 1. The van der Waals surface area contributed by atoms with E-state index in [1.54, 1.807) is 18.2 Å². The van der Waals surface area contributed by atoms with Gasteiger partial charge in [0.15, 0.2) is 9.34 Å². The molecule has 2 amide bonds. The van der Waals surface area contributed by atoms with Crippen LogP contribution in [-0.2, 0) is 25.0 Å². The van der Waals surface area contributed by atoms with E-state index < -0.39 is 21.3 Å². The van der Waals surface area contributed by atoms with Gasteiger partial charge in [-0.1, -0.05) is 47.0 Å².